The highest BCUT2D eigenvalue weighted by Gasteiger charge is 2.20. The highest BCUT2D eigenvalue weighted by atomic mass is 31.2. The second kappa shape index (κ2) is 4.94. The molecule has 0 aliphatic heterocycles. The van der Waals surface area contributed by atoms with Gasteiger partial charge in [-0.25, -0.2) is 4.98 Å². The topological polar surface area (TPSA) is 72.3 Å². The lowest BCUT2D eigenvalue weighted by molar-refractivity contribution is 0.469. The predicted molar refractivity (Wildman–Crippen MR) is 70.5 cm³/mol. The molecule has 0 amide bonds. The minimum Gasteiger partial charge on any atom is -0.506 e. The molecule has 2 rings (SSSR count). The Kier molecular flexibility index (Phi) is 3.53. The average Bonchev–Trinajstić information content (AvgIpc) is 2.39. The van der Waals surface area contributed by atoms with E-state index in [1.807, 2.05) is 13.8 Å². The highest BCUT2D eigenvalue weighted by Crippen LogP contribution is 2.45. The van der Waals surface area contributed by atoms with Crippen LogP contribution in [-0.2, 0) is 4.57 Å². The zero-order valence-corrected chi connectivity index (χ0v) is 11.2. The molecule has 0 unspecified atom stereocenters. The fraction of sp³-hybridized carbons (Fsp3) is 0.333. The molecule has 2 heterocycles. The van der Waals surface area contributed by atoms with Gasteiger partial charge in [-0.3, -0.25) is 9.55 Å². The van der Waals surface area contributed by atoms with Crippen LogP contribution in [0.1, 0.15) is 13.8 Å². The normalized spacial score (nSPS) is 11.7. The van der Waals surface area contributed by atoms with E-state index in [-0.39, 0.29) is 11.6 Å². The summed E-state index contributed by atoms with van der Waals surface area (Å²) in [6.07, 6.45) is 2.42. The van der Waals surface area contributed by atoms with Crippen LogP contribution in [0.15, 0.2) is 24.4 Å². The summed E-state index contributed by atoms with van der Waals surface area (Å²) < 4.78 is 17.7. The van der Waals surface area contributed by atoms with Crippen molar-refractivity contribution in [3.63, 3.8) is 0 Å². The third-order valence-electron chi connectivity index (χ3n) is 2.76. The Labute approximate surface area is 105 Å². The van der Waals surface area contributed by atoms with E-state index in [0.29, 0.717) is 23.4 Å². The molecule has 0 fully saturated rings. The maximum atomic E-state index is 12.2. The van der Waals surface area contributed by atoms with Crippen molar-refractivity contribution >= 4 is 18.4 Å². The van der Waals surface area contributed by atoms with Crippen LogP contribution in [0, 0.1) is 0 Å². The van der Waals surface area contributed by atoms with Gasteiger partial charge in [-0.2, -0.15) is 0 Å². The first-order chi connectivity index (χ1) is 8.58. The van der Waals surface area contributed by atoms with E-state index in [1.165, 1.54) is 12.3 Å². The summed E-state index contributed by atoms with van der Waals surface area (Å²) in [5, 5.41) is 9.68. The van der Waals surface area contributed by atoms with Crippen molar-refractivity contribution in [3.05, 3.63) is 24.4 Å². The molecule has 0 radical (unpaired) electrons. The molecular formula is C12H15N2O3P. The number of hydrogen-bond donors (Lipinski definition) is 1. The lowest BCUT2D eigenvalue weighted by atomic mass is 10.3. The molecule has 0 saturated carbocycles. The number of aromatic nitrogens is 2. The Bertz CT molecular complexity index is 607. The summed E-state index contributed by atoms with van der Waals surface area (Å²) >= 11 is 0. The van der Waals surface area contributed by atoms with Gasteiger partial charge in [0.05, 0.1) is 5.52 Å². The van der Waals surface area contributed by atoms with Crippen molar-refractivity contribution in [2.75, 3.05) is 12.3 Å². The van der Waals surface area contributed by atoms with Gasteiger partial charge >= 0.3 is 0 Å². The van der Waals surface area contributed by atoms with E-state index in [0.717, 1.165) is 0 Å². The zero-order valence-electron chi connectivity index (χ0n) is 10.3. The Morgan fingerprint density at radius 3 is 2.67 bits per heavy atom. The first-order valence-corrected chi connectivity index (χ1v) is 7.80. The number of aromatic hydroxyl groups is 1. The van der Waals surface area contributed by atoms with E-state index in [1.54, 1.807) is 12.1 Å². The van der Waals surface area contributed by atoms with Gasteiger partial charge in [-0.05, 0) is 6.07 Å². The highest BCUT2D eigenvalue weighted by molar-refractivity contribution is 7.59. The van der Waals surface area contributed by atoms with Crippen LogP contribution in [0.3, 0.4) is 0 Å². The molecular weight excluding hydrogens is 251 g/mol. The predicted octanol–water partition coefficient (Wildman–Crippen LogP) is 3.03. The summed E-state index contributed by atoms with van der Waals surface area (Å²) in [5.74, 6) is 0.297. The molecule has 5 nitrogen and oxygen atoms in total. The van der Waals surface area contributed by atoms with Gasteiger partial charge in [0.25, 0.3) is 0 Å². The third kappa shape index (κ3) is 2.46. The summed E-state index contributed by atoms with van der Waals surface area (Å²) in [7, 11) is -2.66. The second-order valence-corrected chi connectivity index (χ2v) is 6.96. The minimum atomic E-state index is -2.66. The summed E-state index contributed by atoms with van der Waals surface area (Å²) in [5.41, 5.74) is 0.930. The average molecular weight is 266 g/mol. The molecule has 0 bridgehead atoms. The van der Waals surface area contributed by atoms with Crippen LogP contribution in [0.25, 0.3) is 11.0 Å². The lowest BCUT2D eigenvalue weighted by Crippen LogP contribution is -2.00. The van der Waals surface area contributed by atoms with Crippen LogP contribution in [-0.4, -0.2) is 27.4 Å². The quantitative estimate of drug-likeness (QED) is 0.861. The summed E-state index contributed by atoms with van der Waals surface area (Å²) in [6, 6.07) is 4.76. The number of nitrogens with zero attached hydrogens (tertiary/aromatic N) is 2. The molecule has 0 aliphatic rings. The van der Waals surface area contributed by atoms with Crippen molar-refractivity contribution in [2.45, 2.75) is 13.8 Å². The molecule has 0 saturated heterocycles. The van der Waals surface area contributed by atoms with E-state index in [4.69, 9.17) is 4.52 Å². The van der Waals surface area contributed by atoms with Crippen molar-refractivity contribution in [1.29, 1.82) is 0 Å². The smallest absolute Gasteiger partial charge is 0.249 e. The fourth-order valence-electron chi connectivity index (χ4n) is 1.57. The van der Waals surface area contributed by atoms with Crippen LogP contribution in [0.4, 0.5) is 0 Å². The van der Waals surface area contributed by atoms with E-state index in [9.17, 15) is 9.67 Å². The van der Waals surface area contributed by atoms with Crippen LogP contribution in [0.5, 0.6) is 11.6 Å². The molecule has 96 valence electrons. The summed E-state index contributed by atoms with van der Waals surface area (Å²) in [4.78, 5) is 8.22. The Balaban J connectivity index is 2.42. The molecule has 6 heteroatoms. The third-order valence-corrected chi connectivity index (χ3v) is 5.21. The largest absolute Gasteiger partial charge is 0.506 e. The first-order valence-electron chi connectivity index (χ1n) is 5.80. The Morgan fingerprint density at radius 2 is 2.00 bits per heavy atom. The van der Waals surface area contributed by atoms with Crippen molar-refractivity contribution < 1.29 is 14.2 Å². The van der Waals surface area contributed by atoms with E-state index in [2.05, 4.69) is 9.97 Å². The number of pyridine rings is 2. The van der Waals surface area contributed by atoms with Gasteiger partial charge < -0.3 is 9.63 Å². The maximum absolute atomic E-state index is 12.2. The molecule has 2 aromatic rings. The minimum absolute atomic E-state index is 0.0354. The van der Waals surface area contributed by atoms with Crippen LogP contribution >= 0.6 is 7.37 Å². The number of fused-ring (bicyclic) bond motifs is 1. The molecule has 2 aromatic heterocycles. The van der Waals surface area contributed by atoms with Crippen molar-refractivity contribution in [3.8, 4) is 11.6 Å². The van der Waals surface area contributed by atoms with E-state index >= 15 is 0 Å². The van der Waals surface area contributed by atoms with Crippen LogP contribution < -0.4 is 4.52 Å². The molecule has 0 spiro atoms. The fourth-order valence-corrected chi connectivity index (χ4v) is 2.72. The molecule has 1 N–H and O–H groups in total. The second-order valence-electron chi connectivity index (χ2n) is 3.89. The van der Waals surface area contributed by atoms with Gasteiger partial charge in [0, 0.05) is 30.7 Å². The summed E-state index contributed by atoms with van der Waals surface area (Å²) in [6.45, 7) is 3.65. The van der Waals surface area contributed by atoms with Crippen molar-refractivity contribution in [1.82, 2.24) is 9.97 Å². The Hall–Kier alpha value is -1.61. The molecule has 0 atom stereocenters. The van der Waals surface area contributed by atoms with Crippen molar-refractivity contribution in [2.24, 2.45) is 0 Å². The van der Waals surface area contributed by atoms with Gasteiger partial charge in [0.15, 0.2) is 0 Å². The van der Waals surface area contributed by atoms with E-state index < -0.39 is 7.37 Å². The zero-order chi connectivity index (χ0) is 13.2. The lowest BCUT2D eigenvalue weighted by Gasteiger charge is -2.15. The Morgan fingerprint density at radius 1 is 1.28 bits per heavy atom. The number of hydrogen-bond acceptors (Lipinski definition) is 5. The molecule has 18 heavy (non-hydrogen) atoms. The van der Waals surface area contributed by atoms with Crippen LogP contribution in [0.2, 0.25) is 0 Å². The molecule has 0 aliphatic carbocycles. The standard InChI is InChI=1S/C12H15N2O3P/c1-3-18(16,4-2)17-11-6-5-9-12(14-11)10(15)7-8-13-9/h5-8H,3-4H2,1-2H3,(H,13,15). The maximum Gasteiger partial charge on any atom is 0.249 e. The van der Waals surface area contributed by atoms with Gasteiger partial charge in [-0.1, -0.05) is 13.8 Å². The monoisotopic (exact) mass is 266 g/mol. The number of rotatable bonds is 4. The SMILES string of the molecule is CCP(=O)(CC)Oc1ccc2nccc(O)c2n1. The molecule has 0 aromatic carbocycles. The van der Waals surface area contributed by atoms with Gasteiger partial charge in [0.1, 0.15) is 11.3 Å². The van der Waals surface area contributed by atoms with Gasteiger partial charge in [0.2, 0.25) is 13.2 Å². The first kappa shape index (κ1) is 12.8. The van der Waals surface area contributed by atoms with Gasteiger partial charge in [-0.15, -0.1) is 0 Å².